The van der Waals surface area contributed by atoms with Crippen LogP contribution in [0.3, 0.4) is 0 Å². The van der Waals surface area contributed by atoms with E-state index in [-0.39, 0.29) is 63.6 Å². The number of piperazine rings is 1. The zero-order valence-corrected chi connectivity index (χ0v) is 66.8. The van der Waals surface area contributed by atoms with Gasteiger partial charge in [0.15, 0.2) is 0 Å². The second-order valence-electron chi connectivity index (χ2n) is 27.4. The topological polar surface area (TPSA) is 509 Å². The smallest absolute Gasteiger partial charge is 0.373 e. The van der Waals surface area contributed by atoms with Crippen molar-refractivity contribution in [2.45, 2.75) is 134 Å². The van der Waals surface area contributed by atoms with Gasteiger partial charge < -0.3 is 110 Å². The maximum Gasteiger partial charge on any atom is 0.373 e. The number of unbranched alkanes of at least 4 members (excludes halogenated alkanes) is 8. The number of amides is 3. The molecule has 0 aliphatic carbocycles. The molecule has 3 atom stereocenters. The number of carbonyl (C=O) groups excluding carboxylic acids is 4. The van der Waals surface area contributed by atoms with E-state index in [1.165, 1.54) is 64.8 Å². The molecule has 1 aromatic heterocycles. The summed E-state index contributed by atoms with van der Waals surface area (Å²) >= 11 is 0. The van der Waals surface area contributed by atoms with Gasteiger partial charge in [-0.2, -0.15) is 19.6 Å². The van der Waals surface area contributed by atoms with Gasteiger partial charge in [0.25, 0.3) is 0 Å². The molecule has 0 radical (unpaired) electrons. The quantitative estimate of drug-likeness (QED) is 0.0416. The molecule has 2 saturated heterocycles. The van der Waals surface area contributed by atoms with Gasteiger partial charge in [-0.25, -0.2) is 19.4 Å². The first-order valence-electron chi connectivity index (χ1n) is 39.2. The summed E-state index contributed by atoms with van der Waals surface area (Å²) in [5.41, 5.74) is 1.99. The third-order valence-electron chi connectivity index (χ3n) is 17.9. The van der Waals surface area contributed by atoms with Gasteiger partial charge in [-0.1, -0.05) is 62.8 Å². The number of carbonyl (C=O) groups is 9. The van der Waals surface area contributed by atoms with E-state index >= 15 is 0 Å². The molecule has 648 valence electrons. The van der Waals surface area contributed by atoms with Crippen LogP contribution in [0.25, 0.3) is 0 Å². The lowest BCUT2D eigenvalue weighted by Crippen LogP contribution is -2.52. The first kappa shape index (κ1) is 102. The van der Waals surface area contributed by atoms with E-state index in [1.54, 1.807) is 9.80 Å². The van der Waals surface area contributed by atoms with Crippen LogP contribution >= 0.6 is 0 Å². The second-order valence-corrected chi connectivity index (χ2v) is 27.4. The maximum atomic E-state index is 12.1. The molecule has 2 aliphatic rings. The lowest BCUT2D eigenvalue weighted by atomic mass is 10.0. The molecule has 2 fully saturated rings. The van der Waals surface area contributed by atoms with Gasteiger partial charge in [-0.05, 0) is 83.6 Å². The third-order valence-corrected chi connectivity index (χ3v) is 17.9. The summed E-state index contributed by atoms with van der Waals surface area (Å²) < 4.78 is 43.7. The Kier molecular flexibility index (Phi) is 59.1. The SMILES string of the molecule is CN1CCN(CCCCCCCCCCC(=O)NCCCC[C@H](NC(=O)N[C@@H](CCC(=O)O)C(=O)O)C(=O)O)CC1.Cc1nc(Cc2ccc(CC3CN(C)CCN(CC(=O)O)CCN(CC(=O)O)CCN3CC(=O)O)cc2)nc(NCCOCCOCCOCCOCCOCCOCCOCCOCCC(=O)O)n1.O=C=O. The van der Waals surface area contributed by atoms with Crippen molar-refractivity contribution < 1.29 is 126 Å². The summed E-state index contributed by atoms with van der Waals surface area (Å²) in [6.07, 6.45) is 11.3. The maximum absolute atomic E-state index is 12.1. The number of anilines is 1. The Labute approximate surface area is 667 Å². The van der Waals surface area contributed by atoms with E-state index in [9.17, 15) is 63.6 Å². The zero-order chi connectivity index (χ0) is 83.8. The Morgan fingerprint density at radius 2 is 0.877 bits per heavy atom. The highest BCUT2D eigenvalue weighted by molar-refractivity contribution is 5.86. The van der Waals surface area contributed by atoms with Gasteiger partial charge in [0.2, 0.25) is 11.9 Å². The Hall–Kier alpha value is -8.12. The first-order chi connectivity index (χ1) is 54.8. The van der Waals surface area contributed by atoms with Crippen molar-refractivity contribution in [3.63, 3.8) is 0 Å². The lowest BCUT2D eigenvalue weighted by Gasteiger charge is -2.37. The van der Waals surface area contributed by atoms with Crippen LogP contribution in [0.4, 0.5) is 10.7 Å². The minimum absolute atomic E-state index is 0.0197. The van der Waals surface area contributed by atoms with E-state index in [1.807, 2.05) is 43.1 Å². The van der Waals surface area contributed by atoms with Crippen molar-refractivity contribution in [3.05, 3.63) is 47.0 Å². The highest BCUT2D eigenvalue weighted by atomic mass is 16.6. The molecule has 2 aromatic rings. The highest BCUT2D eigenvalue weighted by Gasteiger charge is 2.28. The van der Waals surface area contributed by atoms with Crippen molar-refractivity contribution in [1.29, 1.82) is 0 Å². The third kappa shape index (κ3) is 57.0. The number of nitrogens with zero attached hydrogens (tertiary/aromatic N) is 9. The van der Waals surface area contributed by atoms with Crippen molar-refractivity contribution >= 4 is 65.8 Å². The first-order valence-corrected chi connectivity index (χ1v) is 39.2. The Morgan fingerprint density at radius 1 is 0.447 bits per heavy atom. The van der Waals surface area contributed by atoms with Gasteiger partial charge in [0.1, 0.15) is 23.7 Å². The second kappa shape index (κ2) is 66.1. The fraction of sp³-hybridized carbons (Fsp3) is 0.747. The number of aromatic nitrogens is 3. The summed E-state index contributed by atoms with van der Waals surface area (Å²) in [5, 5.41) is 74.9. The number of benzene rings is 1. The molecule has 39 nitrogen and oxygen atoms in total. The van der Waals surface area contributed by atoms with Gasteiger partial charge >= 0.3 is 54.0 Å². The zero-order valence-electron chi connectivity index (χ0n) is 66.8. The van der Waals surface area contributed by atoms with Crippen molar-refractivity contribution in [1.82, 2.24) is 60.3 Å². The van der Waals surface area contributed by atoms with Crippen LogP contribution in [0.2, 0.25) is 0 Å². The number of aliphatic carboxylic acids is 7. The van der Waals surface area contributed by atoms with E-state index in [0.717, 1.165) is 30.4 Å². The van der Waals surface area contributed by atoms with E-state index in [4.69, 9.17) is 62.8 Å². The van der Waals surface area contributed by atoms with E-state index in [2.05, 4.69) is 58.0 Å². The average Bonchev–Trinajstić information content (AvgIpc) is 0.851. The van der Waals surface area contributed by atoms with Gasteiger partial charge in [0.05, 0.1) is 132 Å². The fourth-order valence-corrected chi connectivity index (χ4v) is 11.8. The number of hydrogen-bond acceptors (Lipinski definition) is 29. The van der Waals surface area contributed by atoms with Crippen LogP contribution in [-0.2, 0) is 98.7 Å². The predicted octanol–water partition coefficient (Wildman–Crippen LogP) is 1.32. The molecule has 3 heterocycles. The lowest BCUT2D eigenvalue weighted by molar-refractivity contribution is -0.192. The number of nitrogens with one attached hydrogen (secondary N) is 4. The Morgan fingerprint density at radius 3 is 1.37 bits per heavy atom. The van der Waals surface area contributed by atoms with Gasteiger partial charge in [-0.15, -0.1) is 0 Å². The van der Waals surface area contributed by atoms with Crippen LogP contribution in [0, 0.1) is 6.92 Å². The minimum Gasteiger partial charge on any atom is -0.481 e. The summed E-state index contributed by atoms with van der Waals surface area (Å²) in [6, 6.07) is 4.16. The molecule has 11 N–H and O–H groups in total. The molecule has 3 amide bonds. The monoisotopic (exact) mass is 1630 g/mol. The number of hydrogen-bond donors (Lipinski definition) is 11. The number of urea groups is 1. The summed E-state index contributed by atoms with van der Waals surface area (Å²) in [5.74, 6) is -6.10. The Bertz CT molecular complexity index is 3010. The molecule has 4 rings (SSSR count). The number of rotatable bonds is 61. The molecular weight excluding hydrogens is 1500 g/mol. The number of carboxylic acids is 7. The molecule has 1 aromatic carbocycles. The van der Waals surface area contributed by atoms with Crippen molar-refractivity contribution in [3.8, 4) is 0 Å². The van der Waals surface area contributed by atoms with Crippen molar-refractivity contribution in [2.24, 2.45) is 0 Å². The average molecular weight is 1630 g/mol. The molecule has 1 unspecified atom stereocenters. The van der Waals surface area contributed by atoms with Crippen LogP contribution in [0.1, 0.15) is 119 Å². The largest absolute Gasteiger partial charge is 0.481 e. The van der Waals surface area contributed by atoms with Crippen LogP contribution < -0.4 is 21.3 Å². The molecule has 114 heavy (non-hydrogen) atoms. The molecule has 39 heteroatoms. The summed E-state index contributed by atoms with van der Waals surface area (Å²) in [7, 11) is 4.12. The van der Waals surface area contributed by atoms with Crippen LogP contribution in [0.15, 0.2) is 24.3 Å². The molecule has 2 aliphatic heterocycles. The molecule has 0 spiro atoms. The van der Waals surface area contributed by atoms with Gasteiger partial charge in [0, 0.05) is 110 Å². The number of aryl methyl sites for hydroxylation is 1. The van der Waals surface area contributed by atoms with E-state index < -0.39 is 66.3 Å². The highest BCUT2D eigenvalue weighted by Crippen LogP contribution is 2.17. The summed E-state index contributed by atoms with van der Waals surface area (Å²) in [6.45, 7) is 17.5. The number of carboxylic acid groups (broad SMARTS) is 7. The minimum atomic E-state index is -1.45. The molecule has 0 saturated carbocycles. The Balaban J connectivity index is 0.000000849. The number of ether oxygens (including phenoxy) is 8. The normalized spacial score (nSPS) is 15.4. The van der Waals surface area contributed by atoms with Crippen LogP contribution in [0.5, 0.6) is 0 Å². The standard InChI is InChI=1S/C46H76N8O16.C28H51N5O8.CO2/c1-37-48-41(50-46(49-37)47-8-16-64-18-20-66-22-24-68-26-28-70-30-29-69-27-25-67-23-21-65-19-17-63-15-7-42(55)56)32-39-5-3-38(4-6-39)31-40-33-51(2)9-10-52(34-43(57)58)11-12-53(35-44(59)60)13-14-54(40)36-45(61)62;1-32-18-20-33(21-19-32)17-11-7-5-3-2-4-6-8-13-24(34)29-16-10-9-12-22(26(37)38)30-28(41)31-23(27(39)40)14-15-25(35)36;2-1-3/h3-6,40H,7-36H2,1-2H3,(H,55,56)(H,57,58)(H,59,60)(H,61,62)(H,47,48,49,50);22-23H,2-21H2,1H3,(H,29,34)(H,35,36)(H,37,38)(H,39,40)(H2,30,31,41);/t;22-,23-;/m.0./s1. The fourth-order valence-electron chi connectivity index (χ4n) is 11.8. The van der Waals surface area contributed by atoms with Gasteiger partial charge in [-0.3, -0.25) is 43.5 Å². The molecular formula is C75H127N13O26. The van der Waals surface area contributed by atoms with E-state index in [0.29, 0.717) is 208 Å². The predicted molar refractivity (Wildman–Crippen MR) is 412 cm³/mol. The molecule has 0 bridgehead atoms. The van der Waals surface area contributed by atoms with Crippen molar-refractivity contribution in [2.75, 3.05) is 236 Å². The number of likely N-dealkylation sites (N-methyl/N-ethyl adjacent to an activating group) is 2. The van der Waals surface area contributed by atoms with Crippen LogP contribution in [-0.4, -0.2) is 389 Å². The summed E-state index contributed by atoms with van der Waals surface area (Å²) in [4.78, 5) is 145.